The number of H-pyrrole nitrogens is 1. The van der Waals surface area contributed by atoms with Gasteiger partial charge in [-0.2, -0.15) is 5.10 Å². The molecule has 3 rings (SSSR count). The van der Waals surface area contributed by atoms with Crippen molar-refractivity contribution >= 4 is 12.2 Å². The Bertz CT molecular complexity index is 949. The van der Waals surface area contributed by atoms with Crippen molar-refractivity contribution < 1.29 is 9.84 Å². The highest BCUT2D eigenvalue weighted by molar-refractivity contribution is 5.80. The third kappa shape index (κ3) is 4.23. The fourth-order valence-corrected chi connectivity index (χ4v) is 2.19. The maximum absolute atomic E-state index is 11.8. The smallest absolute Gasteiger partial charge is 0.252 e. The summed E-state index contributed by atoms with van der Waals surface area (Å²) < 4.78 is 5.12. The van der Waals surface area contributed by atoms with Gasteiger partial charge < -0.3 is 9.84 Å². The molecular weight excluding hydrogens is 320 g/mol. The van der Waals surface area contributed by atoms with E-state index in [1.165, 1.54) is 12.3 Å². The van der Waals surface area contributed by atoms with Crippen molar-refractivity contribution in [2.45, 2.75) is 0 Å². The summed E-state index contributed by atoms with van der Waals surface area (Å²) in [7, 11) is 1.59. The summed E-state index contributed by atoms with van der Waals surface area (Å²) in [6.45, 7) is 0. The van der Waals surface area contributed by atoms with Crippen molar-refractivity contribution in [1.29, 1.82) is 0 Å². The Morgan fingerprint density at radius 3 is 2.72 bits per heavy atom. The summed E-state index contributed by atoms with van der Waals surface area (Å²) in [5.41, 5.74) is 4.40. The van der Waals surface area contributed by atoms with Crippen LogP contribution >= 0.6 is 0 Å². The zero-order valence-corrected chi connectivity index (χ0v) is 13.4. The minimum Gasteiger partial charge on any atom is -0.508 e. The number of rotatable bonds is 5. The monoisotopic (exact) mass is 336 g/mol. The fourth-order valence-electron chi connectivity index (χ4n) is 2.19. The average molecular weight is 336 g/mol. The maximum atomic E-state index is 11.8. The quantitative estimate of drug-likeness (QED) is 0.491. The predicted molar refractivity (Wildman–Crippen MR) is 96.2 cm³/mol. The molecule has 0 saturated heterocycles. The Morgan fingerprint density at radius 1 is 1.20 bits per heavy atom. The van der Waals surface area contributed by atoms with Crippen LogP contribution in [0.25, 0.3) is 11.3 Å². The molecule has 3 aromatic rings. The van der Waals surface area contributed by atoms with Gasteiger partial charge in [0.2, 0.25) is 5.95 Å². The van der Waals surface area contributed by atoms with E-state index >= 15 is 0 Å². The van der Waals surface area contributed by atoms with E-state index in [4.69, 9.17) is 4.74 Å². The molecule has 7 heteroatoms. The number of nitrogens with zero attached hydrogens (tertiary/aromatic N) is 2. The van der Waals surface area contributed by atoms with Crippen LogP contribution in [0, 0.1) is 0 Å². The van der Waals surface area contributed by atoms with Crippen molar-refractivity contribution in [2.24, 2.45) is 5.10 Å². The lowest BCUT2D eigenvalue weighted by Crippen LogP contribution is -2.10. The number of ether oxygens (including phenoxy) is 1. The number of phenols is 1. The molecule has 2 aromatic carbocycles. The second-order valence-electron chi connectivity index (χ2n) is 5.17. The number of aromatic nitrogens is 2. The molecule has 1 aromatic heterocycles. The molecule has 0 aliphatic heterocycles. The van der Waals surface area contributed by atoms with Gasteiger partial charge in [0.05, 0.1) is 19.0 Å². The molecule has 0 fully saturated rings. The Balaban J connectivity index is 1.80. The molecule has 7 nitrogen and oxygen atoms in total. The Kier molecular flexibility index (Phi) is 4.75. The molecule has 0 spiro atoms. The second kappa shape index (κ2) is 7.31. The number of phenolic OH excluding ortho intramolecular Hbond substituents is 1. The van der Waals surface area contributed by atoms with Crippen LogP contribution in [0.3, 0.4) is 0 Å². The van der Waals surface area contributed by atoms with Gasteiger partial charge >= 0.3 is 0 Å². The van der Waals surface area contributed by atoms with Crippen LogP contribution in [0.4, 0.5) is 5.95 Å². The minimum atomic E-state index is -0.295. The zero-order valence-electron chi connectivity index (χ0n) is 13.4. The fraction of sp³-hybridized carbons (Fsp3) is 0.0556. The van der Waals surface area contributed by atoms with E-state index in [1.807, 2.05) is 12.1 Å². The van der Waals surface area contributed by atoms with E-state index < -0.39 is 0 Å². The number of hydrazone groups is 1. The van der Waals surface area contributed by atoms with Gasteiger partial charge in [0.1, 0.15) is 11.5 Å². The molecule has 0 saturated carbocycles. The molecule has 0 bridgehead atoms. The van der Waals surface area contributed by atoms with Gasteiger partial charge in [-0.25, -0.2) is 10.4 Å². The van der Waals surface area contributed by atoms with Gasteiger partial charge in [-0.15, -0.1) is 0 Å². The molecule has 0 aliphatic carbocycles. The molecular formula is C18H16N4O3. The number of aromatic amines is 1. The van der Waals surface area contributed by atoms with E-state index in [2.05, 4.69) is 20.5 Å². The summed E-state index contributed by atoms with van der Waals surface area (Å²) in [6, 6.07) is 15.3. The number of benzene rings is 2. The molecule has 0 unspecified atom stereocenters. The lowest BCUT2D eigenvalue weighted by molar-refractivity contribution is 0.415. The Hall–Kier alpha value is -3.61. The maximum Gasteiger partial charge on any atom is 0.252 e. The Morgan fingerprint density at radius 2 is 2.00 bits per heavy atom. The van der Waals surface area contributed by atoms with Crippen LogP contribution in [-0.4, -0.2) is 28.4 Å². The first-order valence-electron chi connectivity index (χ1n) is 7.48. The average Bonchev–Trinajstić information content (AvgIpc) is 2.61. The topological polar surface area (TPSA) is 99.6 Å². The van der Waals surface area contributed by atoms with Crippen LogP contribution in [-0.2, 0) is 0 Å². The first-order chi connectivity index (χ1) is 12.1. The van der Waals surface area contributed by atoms with Gasteiger partial charge in [-0.1, -0.05) is 12.1 Å². The van der Waals surface area contributed by atoms with Crippen molar-refractivity contribution in [1.82, 2.24) is 9.97 Å². The van der Waals surface area contributed by atoms with E-state index in [9.17, 15) is 9.90 Å². The second-order valence-corrected chi connectivity index (χ2v) is 5.17. The van der Waals surface area contributed by atoms with Gasteiger partial charge in [-0.05, 0) is 42.0 Å². The third-order valence-corrected chi connectivity index (χ3v) is 3.38. The lowest BCUT2D eigenvalue weighted by atomic mass is 10.1. The first-order valence-corrected chi connectivity index (χ1v) is 7.48. The number of anilines is 1. The first kappa shape index (κ1) is 16.3. The van der Waals surface area contributed by atoms with Crippen molar-refractivity contribution in [3.63, 3.8) is 0 Å². The van der Waals surface area contributed by atoms with Gasteiger partial charge in [-0.3, -0.25) is 9.78 Å². The molecule has 3 N–H and O–H groups in total. The molecule has 0 radical (unpaired) electrons. The van der Waals surface area contributed by atoms with Gasteiger partial charge in [0.15, 0.2) is 0 Å². The summed E-state index contributed by atoms with van der Waals surface area (Å²) in [5, 5.41) is 13.4. The summed E-state index contributed by atoms with van der Waals surface area (Å²) in [4.78, 5) is 18.7. The van der Waals surface area contributed by atoms with Crippen LogP contribution in [0.1, 0.15) is 5.56 Å². The number of hydrogen-bond donors (Lipinski definition) is 3. The largest absolute Gasteiger partial charge is 0.508 e. The zero-order chi connectivity index (χ0) is 17.6. The number of hydrogen-bond acceptors (Lipinski definition) is 6. The third-order valence-electron chi connectivity index (χ3n) is 3.38. The Labute approximate surface area is 143 Å². The van der Waals surface area contributed by atoms with Crippen LogP contribution < -0.4 is 15.7 Å². The highest BCUT2D eigenvalue weighted by Gasteiger charge is 2.04. The number of aromatic hydroxyl groups is 1. The molecule has 0 atom stereocenters. The normalized spacial score (nSPS) is 10.8. The highest BCUT2D eigenvalue weighted by Crippen LogP contribution is 2.20. The predicted octanol–water partition coefficient (Wildman–Crippen LogP) is 2.60. The summed E-state index contributed by atoms with van der Waals surface area (Å²) in [5.74, 6) is 1.09. The number of nitrogens with one attached hydrogen (secondary N) is 2. The van der Waals surface area contributed by atoms with Crippen LogP contribution in [0.2, 0.25) is 0 Å². The van der Waals surface area contributed by atoms with Crippen LogP contribution in [0.5, 0.6) is 11.5 Å². The molecule has 1 heterocycles. The van der Waals surface area contributed by atoms with Crippen molar-refractivity contribution in [2.75, 3.05) is 12.5 Å². The molecule has 25 heavy (non-hydrogen) atoms. The van der Waals surface area contributed by atoms with E-state index in [-0.39, 0.29) is 17.3 Å². The molecule has 126 valence electrons. The molecule has 0 aliphatic rings. The minimum absolute atomic E-state index is 0.150. The van der Waals surface area contributed by atoms with E-state index in [0.717, 1.165) is 11.3 Å². The van der Waals surface area contributed by atoms with Gasteiger partial charge in [0, 0.05) is 11.6 Å². The van der Waals surface area contributed by atoms with Crippen molar-refractivity contribution in [3.8, 4) is 22.8 Å². The van der Waals surface area contributed by atoms with Crippen LogP contribution in [0.15, 0.2) is 64.5 Å². The number of methoxy groups -OCH3 is 1. The summed E-state index contributed by atoms with van der Waals surface area (Å²) in [6.07, 6.45) is 1.51. The summed E-state index contributed by atoms with van der Waals surface area (Å²) >= 11 is 0. The van der Waals surface area contributed by atoms with Gasteiger partial charge in [0.25, 0.3) is 5.56 Å². The SMILES string of the molecule is COc1ccc(-c2cc(=O)[nH]c(N/N=C\c3cccc(O)c3)n2)cc1. The highest BCUT2D eigenvalue weighted by atomic mass is 16.5. The van der Waals surface area contributed by atoms with E-state index in [1.54, 1.807) is 43.5 Å². The molecule has 0 amide bonds. The standard InChI is InChI=1S/C18H16N4O3/c1-25-15-7-5-13(6-8-15)16-10-17(24)21-18(20-16)22-19-11-12-3-2-4-14(23)9-12/h2-11,23H,1H3,(H2,20,21,22,24)/b19-11-. The lowest BCUT2D eigenvalue weighted by Gasteiger charge is -2.05. The van der Waals surface area contributed by atoms with Crippen molar-refractivity contribution in [3.05, 3.63) is 70.5 Å². The van der Waals surface area contributed by atoms with E-state index in [0.29, 0.717) is 11.3 Å².